The lowest BCUT2D eigenvalue weighted by molar-refractivity contribution is -0.0975. The van der Waals surface area contributed by atoms with E-state index in [-0.39, 0.29) is 18.0 Å². The van der Waals surface area contributed by atoms with Gasteiger partial charge in [0.25, 0.3) is 0 Å². The number of allylic oxidation sites excluding steroid dienone is 1. The van der Waals surface area contributed by atoms with Gasteiger partial charge in [-0.3, -0.25) is 0 Å². The molecule has 1 aliphatic carbocycles. The lowest BCUT2D eigenvalue weighted by atomic mass is 9.92. The van der Waals surface area contributed by atoms with Gasteiger partial charge in [-0.1, -0.05) is 12.5 Å². The predicted molar refractivity (Wildman–Crippen MR) is 57.2 cm³/mol. The van der Waals surface area contributed by atoms with E-state index in [0.29, 0.717) is 6.42 Å². The summed E-state index contributed by atoms with van der Waals surface area (Å²) in [5.41, 5.74) is -0.311. The van der Waals surface area contributed by atoms with Crippen molar-refractivity contribution < 1.29 is 13.2 Å². The van der Waals surface area contributed by atoms with Crippen molar-refractivity contribution in [3.05, 3.63) is 11.6 Å². The topological polar surface area (TPSA) is 3.24 Å². The standard InChI is InChI=1S/C12H18F3N/c13-12(14,15)10-5-4-6-11(9-10)16-7-2-1-3-8-16/h5,11H,1-4,6-9H2. The van der Waals surface area contributed by atoms with Crippen molar-refractivity contribution in [2.75, 3.05) is 13.1 Å². The van der Waals surface area contributed by atoms with Crippen LogP contribution in [0, 0.1) is 0 Å². The predicted octanol–water partition coefficient (Wildman–Crippen LogP) is 3.51. The molecule has 0 bridgehead atoms. The van der Waals surface area contributed by atoms with E-state index in [2.05, 4.69) is 4.90 Å². The van der Waals surface area contributed by atoms with Crippen LogP contribution in [0.3, 0.4) is 0 Å². The molecule has 1 fully saturated rings. The number of hydrogen-bond donors (Lipinski definition) is 0. The van der Waals surface area contributed by atoms with E-state index in [1.807, 2.05) is 0 Å². The van der Waals surface area contributed by atoms with Crippen molar-refractivity contribution in [3.8, 4) is 0 Å². The van der Waals surface area contributed by atoms with Gasteiger partial charge >= 0.3 is 6.18 Å². The van der Waals surface area contributed by atoms with Gasteiger partial charge in [0.2, 0.25) is 0 Å². The number of alkyl halides is 3. The monoisotopic (exact) mass is 233 g/mol. The molecular weight excluding hydrogens is 215 g/mol. The molecule has 0 spiro atoms. The van der Waals surface area contributed by atoms with Gasteiger partial charge in [0.1, 0.15) is 0 Å². The average Bonchev–Trinajstić information content (AvgIpc) is 2.29. The maximum absolute atomic E-state index is 12.6. The third kappa shape index (κ3) is 2.78. The first-order valence-corrected chi connectivity index (χ1v) is 6.07. The summed E-state index contributed by atoms with van der Waals surface area (Å²) in [5.74, 6) is 0. The average molecular weight is 233 g/mol. The van der Waals surface area contributed by atoms with Crippen molar-refractivity contribution in [2.24, 2.45) is 0 Å². The Labute approximate surface area is 94.3 Å². The van der Waals surface area contributed by atoms with Crippen LogP contribution in [0.2, 0.25) is 0 Å². The molecule has 2 rings (SSSR count). The number of nitrogens with zero attached hydrogens (tertiary/aromatic N) is 1. The first-order chi connectivity index (χ1) is 7.57. The highest BCUT2D eigenvalue weighted by Crippen LogP contribution is 2.35. The minimum absolute atomic E-state index is 0.127. The minimum atomic E-state index is -4.12. The molecule has 4 heteroatoms. The fourth-order valence-corrected chi connectivity index (χ4v) is 2.72. The van der Waals surface area contributed by atoms with E-state index >= 15 is 0 Å². The first-order valence-electron chi connectivity index (χ1n) is 6.07. The van der Waals surface area contributed by atoms with E-state index in [9.17, 15) is 13.2 Å². The van der Waals surface area contributed by atoms with Crippen LogP contribution in [0.15, 0.2) is 11.6 Å². The zero-order valence-corrected chi connectivity index (χ0v) is 9.39. The van der Waals surface area contributed by atoms with Gasteiger partial charge in [0.05, 0.1) is 0 Å². The number of halogens is 3. The van der Waals surface area contributed by atoms with Crippen molar-refractivity contribution >= 4 is 0 Å². The Hall–Kier alpha value is -0.510. The normalized spacial score (nSPS) is 28.9. The second-order valence-electron chi connectivity index (χ2n) is 4.76. The summed E-state index contributed by atoms with van der Waals surface area (Å²) in [6.45, 7) is 1.96. The third-order valence-electron chi connectivity index (χ3n) is 3.62. The van der Waals surface area contributed by atoms with Gasteiger partial charge in [-0.2, -0.15) is 13.2 Å². The highest BCUT2D eigenvalue weighted by Gasteiger charge is 2.37. The number of hydrogen-bond acceptors (Lipinski definition) is 1. The van der Waals surface area contributed by atoms with Crippen LogP contribution in [0.4, 0.5) is 13.2 Å². The Morgan fingerprint density at radius 1 is 1.12 bits per heavy atom. The Balaban J connectivity index is 1.96. The molecule has 0 aromatic rings. The Morgan fingerprint density at radius 2 is 1.81 bits per heavy atom. The molecule has 1 aliphatic heterocycles. The second kappa shape index (κ2) is 4.78. The summed E-state index contributed by atoms with van der Waals surface area (Å²) in [7, 11) is 0. The lowest BCUT2D eigenvalue weighted by Crippen LogP contribution is -2.41. The van der Waals surface area contributed by atoms with E-state index in [4.69, 9.17) is 0 Å². The van der Waals surface area contributed by atoms with E-state index in [1.165, 1.54) is 12.5 Å². The maximum Gasteiger partial charge on any atom is 0.412 e. The quantitative estimate of drug-likeness (QED) is 0.626. The second-order valence-corrected chi connectivity index (χ2v) is 4.76. The van der Waals surface area contributed by atoms with Crippen LogP contribution in [-0.2, 0) is 0 Å². The molecule has 1 atom stereocenters. The molecule has 1 nitrogen and oxygen atoms in total. The van der Waals surface area contributed by atoms with E-state index in [0.717, 1.165) is 32.4 Å². The summed E-state index contributed by atoms with van der Waals surface area (Å²) in [4.78, 5) is 2.25. The summed E-state index contributed by atoms with van der Waals surface area (Å²) in [6, 6.07) is 0.127. The molecule has 1 heterocycles. The molecule has 16 heavy (non-hydrogen) atoms. The van der Waals surface area contributed by atoms with E-state index < -0.39 is 6.18 Å². The van der Waals surface area contributed by atoms with Crippen LogP contribution >= 0.6 is 0 Å². The van der Waals surface area contributed by atoms with Crippen LogP contribution in [-0.4, -0.2) is 30.2 Å². The molecule has 0 saturated carbocycles. The fraction of sp³-hybridized carbons (Fsp3) is 0.833. The van der Waals surface area contributed by atoms with Crippen LogP contribution in [0.25, 0.3) is 0 Å². The van der Waals surface area contributed by atoms with E-state index in [1.54, 1.807) is 0 Å². The van der Waals surface area contributed by atoms with Gasteiger partial charge < -0.3 is 4.90 Å². The molecule has 92 valence electrons. The van der Waals surface area contributed by atoms with Crippen LogP contribution in [0.5, 0.6) is 0 Å². The van der Waals surface area contributed by atoms with Gasteiger partial charge in [-0.15, -0.1) is 0 Å². The largest absolute Gasteiger partial charge is 0.412 e. The smallest absolute Gasteiger partial charge is 0.300 e. The molecule has 2 aliphatic rings. The van der Waals surface area contributed by atoms with Crippen molar-refractivity contribution in [1.82, 2.24) is 4.90 Å². The van der Waals surface area contributed by atoms with Crippen LogP contribution < -0.4 is 0 Å². The highest BCUT2D eigenvalue weighted by molar-refractivity contribution is 5.14. The minimum Gasteiger partial charge on any atom is -0.300 e. The van der Waals surface area contributed by atoms with Crippen molar-refractivity contribution in [1.29, 1.82) is 0 Å². The molecule has 0 amide bonds. The van der Waals surface area contributed by atoms with Gasteiger partial charge in [0, 0.05) is 11.6 Å². The zero-order chi connectivity index (χ0) is 11.6. The van der Waals surface area contributed by atoms with Gasteiger partial charge in [-0.05, 0) is 45.2 Å². The lowest BCUT2D eigenvalue weighted by Gasteiger charge is -2.37. The Kier molecular flexibility index (Phi) is 3.57. The molecule has 1 saturated heterocycles. The Bertz CT molecular complexity index is 264. The van der Waals surface area contributed by atoms with Crippen molar-refractivity contribution in [3.63, 3.8) is 0 Å². The number of piperidine rings is 1. The molecule has 0 aromatic carbocycles. The summed E-state index contributed by atoms with van der Waals surface area (Å²) >= 11 is 0. The first kappa shape index (κ1) is 12.0. The molecule has 1 unspecified atom stereocenters. The maximum atomic E-state index is 12.6. The number of likely N-dealkylation sites (tertiary alicyclic amines) is 1. The summed E-state index contributed by atoms with van der Waals surface area (Å²) in [6.07, 6.45) is 2.43. The Morgan fingerprint density at radius 3 is 2.44 bits per heavy atom. The molecular formula is C12H18F3N. The van der Waals surface area contributed by atoms with Crippen LogP contribution in [0.1, 0.15) is 38.5 Å². The third-order valence-corrected chi connectivity index (χ3v) is 3.62. The summed E-state index contributed by atoms with van der Waals surface area (Å²) in [5, 5.41) is 0. The fourth-order valence-electron chi connectivity index (χ4n) is 2.72. The SMILES string of the molecule is FC(F)(F)C1=CCCC(N2CCCCC2)C1. The molecule has 0 aromatic heterocycles. The molecule has 0 N–H and O–H groups in total. The highest BCUT2D eigenvalue weighted by atomic mass is 19.4. The van der Waals surface area contributed by atoms with Gasteiger partial charge in [0.15, 0.2) is 0 Å². The van der Waals surface area contributed by atoms with Gasteiger partial charge in [-0.25, -0.2) is 0 Å². The van der Waals surface area contributed by atoms with Crippen molar-refractivity contribution in [2.45, 2.75) is 50.7 Å². The molecule has 0 radical (unpaired) electrons. The zero-order valence-electron chi connectivity index (χ0n) is 9.39. The number of rotatable bonds is 1. The summed E-state index contributed by atoms with van der Waals surface area (Å²) < 4.78 is 37.8.